The zero-order valence-electron chi connectivity index (χ0n) is 15.2. The lowest BCUT2D eigenvalue weighted by molar-refractivity contribution is -0.134. The first-order chi connectivity index (χ1) is 13.4. The molecule has 0 radical (unpaired) electrons. The molecular weight excluding hydrogens is 358 g/mol. The first-order valence-corrected chi connectivity index (χ1v) is 8.73. The molecule has 7 heteroatoms. The molecule has 0 aliphatic carbocycles. The number of benzene rings is 2. The number of nitrogens with one attached hydrogen (secondary N) is 2. The van der Waals surface area contributed by atoms with Gasteiger partial charge in [-0.05, 0) is 24.1 Å². The fraction of sp³-hybridized carbons (Fsp3) is 0.190. The van der Waals surface area contributed by atoms with Gasteiger partial charge in [0.1, 0.15) is 6.04 Å². The van der Waals surface area contributed by atoms with Gasteiger partial charge < -0.3 is 21.5 Å². The van der Waals surface area contributed by atoms with Crippen LogP contribution in [0.4, 0.5) is 0 Å². The Labute approximate surface area is 163 Å². The second kappa shape index (κ2) is 10.0. The first kappa shape index (κ1) is 20.9. The topological polar surface area (TPSA) is 122 Å². The van der Waals surface area contributed by atoms with Gasteiger partial charge in [0.2, 0.25) is 5.91 Å². The van der Waals surface area contributed by atoms with E-state index in [0.717, 1.165) is 0 Å². The number of amides is 3. The van der Waals surface area contributed by atoms with Crippen molar-refractivity contribution in [1.82, 2.24) is 10.6 Å². The number of nitrogens with two attached hydrogens (primary N) is 1. The van der Waals surface area contributed by atoms with Gasteiger partial charge in [0.25, 0.3) is 11.8 Å². The molecule has 3 atom stereocenters. The van der Waals surface area contributed by atoms with E-state index in [1.165, 1.54) is 6.08 Å². The Morgan fingerprint density at radius 2 is 1.57 bits per heavy atom. The summed E-state index contributed by atoms with van der Waals surface area (Å²) in [6.45, 7) is 3.51. The molecule has 3 amide bonds. The molecule has 0 aromatic heterocycles. The van der Waals surface area contributed by atoms with Crippen LogP contribution in [0.5, 0.6) is 0 Å². The van der Waals surface area contributed by atoms with Gasteiger partial charge in [-0.3, -0.25) is 14.4 Å². The van der Waals surface area contributed by atoms with Crippen molar-refractivity contribution in [3.63, 3.8) is 0 Å². The van der Waals surface area contributed by atoms with Crippen molar-refractivity contribution < 1.29 is 19.5 Å². The molecule has 7 nitrogen and oxygen atoms in total. The van der Waals surface area contributed by atoms with Crippen molar-refractivity contribution in [3.8, 4) is 0 Å². The van der Waals surface area contributed by atoms with E-state index in [-0.39, 0.29) is 6.42 Å². The van der Waals surface area contributed by atoms with Gasteiger partial charge in [0.05, 0.1) is 6.04 Å². The summed E-state index contributed by atoms with van der Waals surface area (Å²) >= 11 is 0. The number of aliphatic hydroxyl groups excluding tert-OH is 1. The average Bonchev–Trinajstić information content (AvgIpc) is 2.72. The zero-order valence-corrected chi connectivity index (χ0v) is 15.2. The average molecular weight is 381 g/mol. The Kier molecular flexibility index (Phi) is 7.47. The summed E-state index contributed by atoms with van der Waals surface area (Å²) < 4.78 is 0. The summed E-state index contributed by atoms with van der Waals surface area (Å²) in [5.41, 5.74) is 6.19. The molecule has 146 valence electrons. The molecule has 0 fully saturated rings. The van der Waals surface area contributed by atoms with Crippen LogP contribution in [0.1, 0.15) is 28.4 Å². The number of rotatable bonds is 9. The highest BCUT2D eigenvalue weighted by atomic mass is 16.3. The van der Waals surface area contributed by atoms with Gasteiger partial charge >= 0.3 is 0 Å². The van der Waals surface area contributed by atoms with Crippen molar-refractivity contribution in [2.75, 3.05) is 0 Å². The lowest BCUT2D eigenvalue weighted by Gasteiger charge is -2.25. The Hall–Kier alpha value is -3.45. The molecule has 2 rings (SSSR count). The largest absolute Gasteiger partial charge is 0.381 e. The van der Waals surface area contributed by atoms with Gasteiger partial charge in [0.15, 0.2) is 6.10 Å². The van der Waals surface area contributed by atoms with E-state index >= 15 is 0 Å². The SMILES string of the molecule is C=CC[C@@H](NC(=O)[C@H](O)[C@@H](NC(=O)c1ccccc1)c1ccccc1)C(N)=O. The normalized spacial score (nSPS) is 13.6. The fourth-order valence-electron chi connectivity index (χ4n) is 2.64. The minimum atomic E-state index is -1.64. The molecular formula is C21H23N3O4. The van der Waals surface area contributed by atoms with Crippen molar-refractivity contribution in [2.45, 2.75) is 24.6 Å². The number of carbonyl (C=O) groups is 3. The number of hydrogen-bond acceptors (Lipinski definition) is 4. The molecule has 0 aliphatic rings. The highest BCUT2D eigenvalue weighted by Gasteiger charge is 2.31. The highest BCUT2D eigenvalue weighted by molar-refractivity contribution is 5.95. The molecule has 0 spiro atoms. The van der Waals surface area contributed by atoms with Crippen LogP contribution in [0.3, 0.4) is 0 Å². The highest BCUT2D eigenvalue weighted by Crippen LogP contribution is 2.18. The fourth-order valence-corrected chi connectivity index (χ4v) is 2.64. The number of aliphatic hydroxyl groups is 1. The van der Waals surface area contributed by atoms with Crippen LogP contribution < -0.4 is 16.4 Å². The van der Waals surface area contributed by atoms with Crippen LogP contribution in [-0.2, 0) is 9.59 Å². The predicted octanol–water partition coefficient (Wildman–Crippen LogP) is 1.06. The second-order valence-corrected chi connectivity index (χ2v) is 6.16. The van der Waals surface area contributed by atoms with E-state index < -0.39 is 35.9 Å². The Balaban J connectivity index is 2.23. The maximum absolute atomic E-state index is 12.5. The van der Waals surface area contributed by atoms with Gasteiger partial charge in [-0.15, -0.1) is 6.58 Å². The first-order valence-electron chi connectivity index (χ1n) is 8.73. The van der Waals surface area contributed by atoms with E-state index in [1.54, 1.807) is 60.7 Å². The summed E-state index contributed by atoms with van der Waals surface area (Å²) in [5, 5.41) is 15.7. The van der Waals surface area contributed by atoms with Crippen LogP contribution in [0, 0.1) is 0 Å². The quantitative estimate of drug-likeness (QED) is 0.485. The van der Waals surface area contributed by atoms with E-state index in [4.69, 9.17) is 5.73 Å². The third-order valence-corrected chi connectivity index (χ3v) is 4.13. The molecule has 0 saturated heterocycles. The summed E-state index contributed by atoms with van der Waals surface area (Å²) in [7, 11) is 0. The molecule has 0 bridgehead atoms. The monoisotopic (exact) mass is 381 g/mol. The van der Waals surface area contributed by atoms with Crippen LogP contribution in [-0.4, -0.2) is 35.0 Å². The van der Waals surface area contributed by atoms with E-state index in [9.17, 15) is 19.5 Å². The lowest BCUT2D eigenvalue weighted by Crippen LogP contribution is -2.51. The Morgan fingerprint density at radius 1 is 1.00 bits per heavy atom. The maximum Gasteiger partial charge on any atom is 0.252 e. The number of primary amides is 1. The third-order valence-electron chi connectivity index (χ3n) is 4.13. The van der Waals surface area contributed by atoms with Gasteiger partial charge in [-0.1, -0.05) is 54.6 Å². The van der Waals surface area contributed by atoms with Crippen LogP contribution in [0.25, 0.3) is 0 Å². The van der Waals surface area contributed by atoms with E-state index in [2.05, 4.69) is 17.2 Å². The van der Waals surface area contributed by atoms with Crippen molar-refractivity contribution in [3.05, 3.63) is 84.4 Å². The van der Waals surface area contributed by atoms with Gasteiger partial charge in [0, 0.05) is 5.56 Å². The van der Waals surface area contributed by atoms with Gasteiger partial charge in [-0.25, -0.2) is 0 Å². The molecule has 0 saturated carbocycles. The molecule has 2 aromatic rings. The summed E-state index contributed by atoms with van der Waals surface area (Å²) in [6, 6.07) is 15.0. The molecule has 0 aliphatic heterocycles. The standard InChI is InChI=1S/C21H23N3O4/c1-2-9-16(19(22)26)23-21(28)18(25)17(14-10-5-3-6-11-14)24-20(27)15-12-7-4-8-13-15/h2-8,10-13,16-18,25H,1,9H2,(H2,22,26)(H,23,28)(H,24,27)/t16-,17+,18-/m1/s1. The minimum absolute atomic E-state index is 0.125. The molecule has 2 aromatic carbocycles. The van der Waals surface area contributed by atoms with Crippen LogP contribution >= 0.6 is 0 Å². The maximum atomic E-state index is 12.5. The van der Waals surface area contributed by atoms with Crippen molar-refractivity contribution >= 4 is 17.7 Å². The summed E-state index contributed by atoms with van der Waals surface area (Å²) in [5.74, 6) is -2.02. The second-order valence-electron chi connectivity index (χ2n) is 6.16. The Bertz CT molecular complexity index is 824. The molecule has 5 N–H and O–H groups in total. The van der Waals surface area contributed by atoms with Gasteiger partial charge in [-0.2, -0.15) is 0 Å². The van der Waals surface area contributed by atoms with Crippen molar-refractivity contribution in [2.24, 2.45) is 5.73 Å². The smallest absolute Gasteiger partial charge is 0.252 e. The van der Waals surface area contributed by atoms with E-state index in [0.29, 0.717) is 11.1 Å². The number of hydrogen-bond donors (Lipinski definition) is 4. The number of carbonyl (C=O) groups excluding carboxylic acids is 3. The van der Waals surface area contributed by atoms with Crippen molar-refractivity contribution in [1.29, 1.82) is 0 Å². The lowest BCUT2D eigenvalue weighted by atomic mass is 9.99. The van der Waals surface area contributed by atoms with E-state index in [1.807, 2.05) is 0 Å². The molecule has 28 heavy (non-hydrogen) atoms. The van der Waals surface area contributed by atoms with Crippen LogP contribution in [0.15, 0.2) is 73.3 Å². The summed E-state index contributed by atoms with van der Waals surface area (Å²) in [4.78, 5) is 36.5. The zero-order chi connectivity index (χ0) is 20.5. The summed E-state index contributed by atoms with van der Waals surface area (Å²) in [6.07, 6.45) is -0.0737. The minimum Gasteiger partial charge on any atom is -0.381 e. The Morgan fingerprint density at radius 3 is 2.11 bits per heavy atom. The molecule has 0 unspecified atom stereocenters. The predicted molar refractivity (Wildman–Crippen MR) is 105 cm³/mol. The molecule has 0 heterocycles. The van der Waals surface area contributed by atoms with Crippen LogP contribution in [0.2, 0.25) is 0 Å². The third kappa shape index (κ3) is 5.52.